The molecule has 0 saturated heterocycles. The lowest BCUT2D eigenvalue weighted by Crippen LogP contribution is -2.20. The molecule has 2 N–H and O–H groups in total. The molecule has 0 atom stereocenters. The zero-order valence-electron chi connectivity index (χ0n) is 9.95. The minimum Gasteiger partial charge on any atom is -0.313 e. The molecule has 1 aromatic carbocycles. The SMILES string of the molecule is CNCc1n[nH]c(=O)n1-c1cccc(C(F)(F)F)c1. The molecule has 102 valence electrons. The van der Waals surface area contributed by atoms with Gasteiger partial charge in [0.25, 0.3) is 0 Å². The van der Waals surface area contributed by atoms with Gasteiger partial charge in [0.1, 0.15) is 0 Å². The van der Waals surface area contributed by atoms with Crippen LogP contribution in [-0.2, 0) is 12.7 Å². The molecule has 0 aliphatic heterocycles. The first-order valence-electron chi connectivity index (χ1n) is 5.42. The predicted octanol–water partition coefficient (Wildman–Crippen LogP) is 1.30. The topological polar surface area (TPSA) is 62.7 Å². The van der Waals surface area contributed by atoms with Crippen molar-refractivity contribution >= 4 is 0 Å². The molecule has 2 aromatic rings. The fourth-order valence-corrected chi connectivity index (χ4v) is 1.69. The number of aromatic amines is 1. The second-order valence-electron chi connectivity index (χ2n) is 3.86. The molecule has 1 aromatic heterocycles. The number of nitrogens with one attached hydrogen (secondary N) is 2. The molecule has 0 unspecified atom stereocenters. The van der Waals surface area contributed by atoms with Crippen molar-refractivity contribution in [3.8, 4) is 5.69 Å². The normalized spacial score (nSPS) is 11.8. The first kappa shape index (κ1) is 13.3. The number of alkyl halides is 3. The van der Waals surface area contributed by atoms with Crippen molar-refractivity contribution in [2.75, 3.05) is 7.05 Å². The van der Waals surface area contributed by atoms with Crippen molar-refractivity contribution in [1.82, 2.24) is 20.1 Å². The summed E-state index contributed by atoms with van der Waals surface area (Å²) in [6, 6.07) is 4.54. The van der Waals surface area contributed by atoms with Crippen molar-refractivity contribution in [2.45, 2.75) is 12.7 Å². The molecular weight excluding hydrogens is 261 g/mol. The summed E-state index contributed by atoms with van der Waals surface area (Å²) in [5.74, 6) is 0.312. The molecule has 0 aliphatic carbocycles. The molecule has 19 heavy (non-hydrogen) atoms. The van der Waals surface area contributed by atoms with Gasteiger partial charge in [-0.3, -0.25) is 0 Å². The van der Waals surface area contributed by atoms with Crippen LogP contribution in [0.5, 0.6) is 0 Å². The molecule has 0 amide bonds. The monoisotopic (exact) mass is 272 g/mol. The van der Waals surface area contributed by atoms with E-state index in [1.54, 1.807) is 7.05 Å². The Morgan fingerprint density at radius 1 is 1.42 bits per heavy atom. The van der Waals surface area contributed by atoms with Crippen molar-refractivity contribution in [3.63, 3.8) is 0 Å². The molecule has 5 nitrogen and oxygen atoms in total. The van der Waals surface area contributed by atoms with E-state index in [9.17, 15) is 18.0 Å². The molecule has 0 radical (unpaired) electrons. The third-order valence-electron chi connectivity index (χ3n) is 2.51. The van der Waals surface area contributed by atoms with Crippen LogP contribution in [0.2, 0.25) is 0 Å². The Balaban J connectivity index is 2.53. The smallest absolute Gasteiger partial charge is 0.313 e. The van der Waals surface area contributed by atoms with E-state index in [-0.39, 0.29) is 12.2 Å². The summed E-state index contributed by atoms with van der Waals surface area (Å²) in [7, 11) is 1.65. The lowest BCUT2D eigenvalue weighted by atomic mass is 10.2. The zero-order chi connectivity index (χ0) is 14.0. The number of benzene rings is 1. The number of halogens is 3. The molecule has 2 rings (SSSR count). The van der Waals surface area contributed by atoms with E-state index >= 15 is 0 Å². The highest BCUT2D eigenvalue weighted by molar-refractivity contribution is 5.37. The molecule has 0 spiro atoms. The number of hydrogen-bond acceptors (Lipinski definition) is 3. The van der Waals surface area contributed by atoms with Crippen LogP contribution in [0.3, 0.4) is 0 Å². The Labute approximate surface area is 106 Å². The van der Waals surface area contributed by atoms with Gasteiger partial charge in [-0.1, -0.05) is 6.07 Å². The molecule has 0 aliphatic rings. The summed E-state index contributed by atoms with van der Waals surface area (Å²) in [4.78, 5) is 11.6. The maximum Gasteiger partial charge on any atom is 0.416 e. The number of aromatic nitrogens is 3. The number of nitrogens with zero attached hydrogens (tertiary/aromatic N) is 2. The first-order valence-corrected chi connectivity index (χ1v) is 5.42. The van der Waals surface area contributed by atoms with Crippen molar-refractivity contribution in [1.29, 1.82) is 0 Å². The van der Waals surface area contributed by atoms with E-state index in [0.29, 0.717) is 5.82 Å². The first-order chi connectivity index (χ1) is 8.93. The summed E-state index contributed by atoms with van der Waals surface area (Å²) in [6.07, 6.45) is -4.45. The van der Waals surface area contributed by atoms with Crippen LogP contribution in [0.4, 0.5) is 13.2 Å². The second kappa shape index (κ2) is 4.88. The molecule has 0 saturated carbocycles. The minimum atomic E-state index is -4.45. The predicted molar refractivity (Wildman–Crippen MR) is 62.0 cm³/mol. The van der Waals surface area contributed by atoms with Gasteiger partial charge in [0, 0.05) is 0 Å². The van der Waals surface area contributed by atoms with Crippen LogP contribution in [0.1, 0.15) is 11.4 Å². The Kier molecular flexibility index (Phi) is 3.43. The van der Waals surface area contributed by atoms with Gasteiger partial charge >= 0.3 is 11.9 Å². The van der Waals surface area contributed by atoms with E-state index in [1.807, 2.05) is 0 Å². The molecule has 1 heterocycles. The second-order valence-corrected chi connectivity index (χ2v) is 3.86. The third-order valence-corrected chi connectivity index (χ3v) is 2.51. The van der Waals surface area contributed by atoms with E-state index < -0.39 is 17.4 Å². The number of H-pyrrole nitrogens is 1. The minimum absolute atomic E-state index is 0.124. The van der Waals surface area contributed by atoms with E-state index in [0.717, 1.165) is 16.7 Å². The Bertz CT molecular complexity index is 629. The average molecular weight is 272 g/mol. The van der Waals surface area contributed by atoms with Crippen molar-refractivity contribution in [2.24, 2.45) is 0 Å². The zero-order valence-corrected chi connectivity index (χ0v) is 9.95. The van der Waals surface area contributed by atoms with E-state index in [1.165, 1.54) is 12.1 Å². The van der Waals surface area contributed by atoms with Gasteiger partial charge in [-0.2, -0.15) is 18.3 Å². The maximum absolute atomic E-state index is 12.6. The highest BCUT2D eigenvalue weighted by atomic mass is 19.4. The lowest BCUT2D eigenvalue weighted by molar-refractivity contribution is -0.137. The number of hydrogen-bond donors (Lipinski definition) is 2. The Morgan fingerprint density at radius 3 is 2.79 bits per heavy atom. The largest absolute Gasteiger partial charge is 0.416 e. The van der Waals surface area contributed by atoms with Crippen LogP contribution >= 0.6 is 0 Å². The summed E-state index contributed by atoms with van der Waals surface area (Å²) < 4.78 is 39.0. The van der Waals surface area contributed by atoms with Gasteiger partial charge in [0.15, 0.2) is 5.82 Å². The summed E-state index contributed by atoms with van der Waals surface area (Å²) in [5, 5.41) is 8.76. The quantitative estimate of drug-likeness (QED) is 0.885. The molecule has 8 heteroatoms. The van der Waals surface area contributed by atoms with Crippen LogP contribution in [0.25, 0.3) is 5.69 Å². The highest BCUT2D eigenvalue weighted by Crippen LogP contribution is 2.30. The Morgan fingerprint density at radius 2 is 2.16 bits per heavy atom. The molecular formula is C11H11F3N4O. The van der Waals surface area contributed by atoms with E-state index in [4.69, 9.17) is 0 Å². The van der Waals surface area contributed by atoms with Crippen LogP contribution in [-0.4, -0.2) is 21.8 Å². The van der Waals surface area contributed by atoms with Gasteiger partial charge in [-0.05, 0) is 25.2 Å². The third kappa shape index (κ3) is 2.68. The molecule has 0 fully saturated rings. The lowest BCUT2D eigenvalue weighted by Gasteiger charge is -2.10. The summed E-state index contributed by atoms with van der Waals surface area (Å²) >= 11 is 0. The van der Waals surface area contributed by atoms with Crippen molar-refractivity contribution < 1.29 is 13.2 Å². The van der Waals surface area contributed by atoms with Gasteiger partial charge in [-0.15, -0.1) is 0 Å². The van der Waals surface area contributed by atoms with Gasteiger partial charge in [0.05, 0.1) is 17.8 Å². The van der Waals surface area contributed by atoms with Gasteiger partial charge in [-0.25, -0.2) is 14.5 Å². The van der Waals surface area contributed by atoms with Crippen LogP contribution < -0.4 is 11.0 Å². The van der Waals surface area contributed by atoms with Crippen LogP contribution in [0.15, 0.2) is 29.1 Å². The average Bonchev–Trinajstić information content (AvgIpc) is 2.70. The fraction of sp³-hybridized carbons (Fsp3) is 0.273. The number of rotatable bonds is 3. The standard InChI is InChI=1S/C11H11F3N4O/c1-15-6-9-16-17-10(19)18(9)8-4-2-3-7(5-8)11(12,13)14/h2-5,15H,6H2,1H3,(H,17,19). The van der Waals surface area contributed by atoms with Gasteiger partial charge in [0.2, 0.25) is 0 Å². The highest BCUT2D eigenvalue weighted by Gasteiger charge is 2.30. The summed E-state index contributed by atoms with van der Waals surface area (Å²) in [6.45, 7) is 0.259. The molecule has 0 bridgehead atoms. The van der Waals surface area contributed by atoms with Crippen LogP contribution in [0, 0.1) is 0 Å². The van der Waals surface area contributed by atoms with E-state index in [2.05, 4.69) is 15.5 Å². The Hall–Kier alpha value is -2.09. The van der Waals surface area contributed by atoms with Crippen molar-refractivity contribution in [3.05, 3.63) is 46.1 Å². The maximum atomic E-state index is 12.6. The summed E-state index contributed by atoms with van der Waals surface area (Å²) in [5.41, 5.74) is -1.27. The fourth-order valence-electron chi connectivity index (χ4n) is 1.69. The van der Waals surface area contributed by atoms with Gasteiger partial charge < -0.3 is 5.32 Å².